The van der Waals surface area contributed by atoms with Gasteiger partial charge >= 0.3 is 0 Å². The smallest absolute Gasteiger partial charge is 0.243 e. The Kier molecular flexibility index (Phi) is 5.17. The molecule has 1 fully saturated rings. The third kappa shape index (κ3) is 3.92. The SMILES string of the molecule is O=S(=O)(c1ccc(-c2ccnc3[nH]c(COc4cccnc4)cc23)cc1)N1CCCC1. The number of rotatable bonds is 6. The van der Waals surface area contributed by atoms with Crippen LogP contribution in [-0.2, 0) is 16.6 Å². The van der Waals surface area contributed by atoms with E-state index in [1.807, 2.05) is 36.4 Å². The average molecular weight is 435 g/mol. The van der Waals surface area contributed by atoms with Crippen LogP contribution in [0.25, 0.3) is 22.2 Å². The minimum Gasteiger partial charge on any atom is -0.486 e. The number of hydrogen-bond donors (Lipinski definition) is 1. The first-order valence-electron chi connectivity index (χ1n) is 10.2. The lowest BCUT2D eigenvalue weighted by molar-refractivity contribution is 0.301. The molecule has 0 spiro atoms. The van der Waals surface area contributed by atoms with Gasteiger partial charge in [0.1, 0.15) is 18.0 Å². The minimum atomic E-state index is -3.42. The Morgan fingerprint density at radius 1 is 1.03 bits per heavy atom. The lowest BCUT2D eigenvalue weighted by Gasteiger charge is -2.15. The molecule has 7 nitrogen and oxygen atoms in total. The van der Waals surface area contributed by atoms with E-state index in [1.165, 1.54) is 0 Å². The Balaban J connectivity index is 1.41. The molecular formula is C23H22N4O3S. The summed E-state index contributed by atoms with van der Waals surface area (Å²) in [6, 6.07) is 14.7. The summed E-state index contributed by atoms with van der Waals surface area (Å²) in [5.74, 6) is 0.698. The molecule has 8 heteroatoms. The van der Waals surface area contributed by atoms with E-state index in [-0.39, 0.29) is 0 Å². The van der Waals surface area contributed by atoms with Crippen LogP contribution in [0.2, 0.25) is 0 Å². The number of ether oxygens (including phenoxy) is 1. The van der Waals surface area contributed by atoms with Crippen molar-refractivity contribution >= 4 is 21.1 Å². The van der Waals surface area contributed by atoms with Crippen LogP contribution in [0.1, 0.15) is 18.5 Å². The molecule has 5 rings (SSSR count). The van der Waals surface area contributed by atoms with Gasteiger partial charge in [0.15, 0.2) is 0 Å². The second-order valence-corrected chi connectivity index (χ2v) is 9.47. The third-order valence-corrected chi connectivity index (χ3v) is 7.40. The number of benzene rings is 1. The molecule has 0 bridgehead atoms. The molecule has 0 radical (unpaired) electrons. The van der Waals surface area contributed by atoms with Crippen molar-refractivity contribution in [3.05, 3.63) is 72.8 Å². The number of fused-ring (bicyclic) bond motifs is 1. The molecule has 1 aliphatic heterocycles. The highest BCUT2D eigenvalue weighted by molar-refractivity contribution is 7.89. The lowest BCUT2D eigenvalue weighted by Crippen LogP contribution is -2.27. The maximum Gasteiger partial charge on any atom is 0.243 e. The average Bonchev–Trinajstić information content (AvgIpc) is 3.49. The molecule has 31 heavy (non-hydrogen) atoms. The van der Waals surface area contributed by atoms with Crippen molar-refractivity contribution in [1.29, 1.82) is 0 Å². The van der Waals surface area contributed by atoms with E-state index in [0.717, 1.165) is 40.7 Å². The summed E-state index contributed by atoms with van der Waals surface area (Å²) in [7, 11) is -3.42. The van der Waals surface area contributed by atoms with Crippen LogP contribution < -0.4 is 4.74 Å². The van der Waals surface area contributed by atoms with Gasteiger partial charge in [0, 0.05) is 30.9 Å². The first-order valence-corrected chi connectivity index (χ1v) is 11.7. The van der Waals surface area contributed by atoms with Crippen molar-refractivity contribution in [2.75, 3.05) is 13.1 Å². The third-order valence-electron chi connectivity index (χ3n) is 5.48. The van der Waals surface area contributed by atoms with Crippen molar-refractivity contribution in [3.63, 3.8) is 0 Å². The van der Waals surface area contributed by atoms with Gasteiger partial charge in [0.05, 0.1) is 16.8 Å². The Hall–Kier alpha value is -3.23. The number of sulfonamides is 1. The summed E-state index contributed by atoms with van der Waals surface area (Å²) in [6.45, 7) is 1.57. The van der Waals surface area contributed by atoms with Gasteiger partial charge in [0.2, 0.25) is 10.0 Å². The molecule has 1 N–H and O–H groups in total. The number of hydrogen-bond acceptors (Lipinski definition) is 5. The van der Waals surface area contributed by atoms with Gasteiger partial charge in [-0.2, -0.15) is 4.31 Å². The first kappa shape index (κ1) is 19.7. The van der Waals surface area contributed by atoms with E-state index < -0.39 is 10.0 Å². The zero-order valence-electron chi connectivity index (χ0n) is 16.9. The molecule has 0 unspecified atom stereocenters. The maximum atomic E-state index is 12.8. The van der Waals surface area contributed by atoms with Crippen LogP contribution in [0.5, 0.6) is 5.75 Å². The first-order chi connectivity index (χ1) is 15.1. The molecule has 0 aliphatic carbocycles. The Morgan fingerprint density at radius 3 is 2.58 bits per heavy atom. The Labute approximate surface area is 180 Å². The molecule has 3 aromatic heterocycles. The zero-order valence-corrected chi connectivity index (χ0v) is 17.7. The fourth-order valence-electron chi connectivity index (χ4n) is 3.89. The van der Waals surface area contributed by atoms with Crippen LogP contribution in [0.4, 0.5) is 0 Å². The zero-order chi connectivity index (χ0) is 21.3. The number of nitrogens with zero attached hydrogens (tertiary/aromatic N) is 3. The monoisotopic (exact) mass is 434 g/mol. The van der Waals surface area contributed by atoms with E-state index in [9.17, 15) is 8.42 Å². The lowest BCUT2D eigenvalue weighted by atomic mass is 10.0. The quantitative estimate of drug-likeness (QED) is 0.496. The van der Waals surface area contributed by atoms with Crippen LogP contribution in [-0.4, -0.2) is 40.8 Å². The predicted molar refractivity (Wildman–Crippen MR) is 118 cm³/mol. The van der Waals surface area contributed by atoms with Gasteiger partial charge in [-0.3, -0.25) is 4.98 Å². The fourth-order valence-corrected chi connectivity index (χ4v) is 5.41. The van der Waals surface area contributed by atoms with E-state index >= 15 is 0 Å². The summed E-state index contributed by atoms with van der Waals surface area (Å²) < 4.78 is 32.9. The highest BCUT2D eigenvalue weighted by Gasteiger charge is 2.27. The van der Waals surface area contributed by atoms with Gasteiger partial charge in [-0.05, 0) is 60.4 Å². The van der Waals surface area contributed by atoms with Crippen molar-refractivity contribution in [3.8, 4) is 16.9 Å². The molecule has 4 aromatic rings. The fraction of sp³-hybridized carbons (Fsp3) is 0.217. The molecule has 1 aromatic carbocycles. The molecule has 0 saturated carbocycles. The van der Waals surface area contributed by atoms with Crippen LogP contribution in [0.15, 0.2) is 72.0 Å². The number of pyridine rings is 2. The van der Waals surface area contributed by atoms with Gasteiger partial charge in [-0.1, -0.05) is 12.1 Å². The Morgan fingerprint density at radius 2 is 1.84 bits per heavy atom. The predicted octanol–water partition coefficient (Wildman–Crippen LogP) is 3.99. The molecule has 1 saturated heterocycles. The van der Waals surface area contributed by atoms with E-state index in [1.54, 1.807) is 35.0 Å². The maximum absolute atomic E-state index is 12.8. The second-order valence-electron chi connectivity index (χ2n) is 7.53. The second kappa shape index (κ2) is 8.13. The molecule has 4 heterocycles. The topological polar surface area (TPSA) is 88.2 Å². The Bertz CT molecular complexity index is 1300. The van der Waals surface area contributed by atoms with E-state index in [0.29, 0.717) is 30.3 Å². The number of aromatic nitrogens is 3. The molecule has 1 aliphatic rings. The van der Waals surface area contributed by atoms with Crippen molar-refractivity contribution in [2.45, 2.75) is 24.3 Å². The van der Waals surface area contributed by atoms with Crippen molar-refractivity contribution < 1.29 is 13.2 Å². The number of H-pyrrole nitrogens is 1. The summed E-state index contributed by atoms with van der Waals surface area (Å²) >= 11 is 0. The van der Waals surface area contributed by atoms with Gasteiger partial charge < -0.3 is 9.72 Å². The summed E-state index contributed by atoms with van der Waals surface area (Å²) in [4.78, 5) is 12.1. The largest absolute Gasteiger partial charge is 0.486 e. The summed E-state index contributed by atoms with van der Waals surface area (Å²) in [6.07, 6.45) is 6.96. The molecular weight excluding hydrogens is 412 g/mol. The summed E-state index contributed by atoms with van der Waals surface area (Å²) in [5, 5.41) is 0.961. The van der Waals surface area contributed by atoms with Crippen LogP contribution in [0.3, 0.4) is 0 Å². The number of aromatic amines is 1. The molecule has 0 amide bonds. The van der Waals surface area contributed by atoms with Gasteiger partial charge in [-0.25, -0.2) is 13.4 Å². The van der Waals surface area contributed by atoms with E-state index in [2.05, 4.69) is 15.0 Å². The highest BCUT2D eigenvalue weighted by Crippen LogP contribution is 2.30. The molecule has 0 atom stereocenters. The summed E-state index contributed by atoms with van der Waals surface area (Å²) in [5.41, 5.74) is 3.58. The normalized spacial score (nSPS) is 14.8. The number of nitrogens with one attached hydrogen (secondary N) is 1. The van der Waals surface area contributed by atoms with Gasteiger partial charge in [0.25, 0.3) is 0 Å². The van der Waals surface area contributed by atoms with Crippen molar-refractivity contribution in [1.82, 2.24) is 19.3 Å². The molecule has 158 valence electrons. The van der Waals surface area contributed by atoms with E-state index in [4.69, 9.17) is 4.74 Å². The van der Waals surface area contributed by atoms with Crippen LogP contribution in [0, 0.1) is 0 Å². The van der Waals surface area contributed by atoms with Crippen molar-refractivity contribution in [2.24, 2.45) is 0 Å². The highest BCUT2D eigenvalue weighted by atomic mass is 32.2. The van der Waals surface area contributed by atoms with Crippen LogP contribution >= 0.6 is 0 Å². The van der Waals surface area contributed by atoms with Gasteiger partial charge in [-0.15, -0.1) is 0 Å². The minimum absolute atomic E-state index is 0.336. The standard InChI is InChI=1S/C23H22N4O3S/c28-31(29,27-12-1-2-13-27)20-7-5-17(6-8-20)21-9-11-25-23-22(21)14-18(26-23)16-30-19-4-3-10-24-15-19/h3-11,14-15H,1-2,12-13,16H2,(H,25,26).